The maximum Gasteiger partial charge on any atom is 0.259 e. The van der Waals surface area contributed by atoms with Crippen molar-refractivity contribution >= 4 is 29.1 Å². The van der Waals surface area contributed by atoms with Crippen LogP contribution in [0.5, 0.6) is 0 Å². The molecule has 0 atom stereocenters. The van der Waals surface area contributed by atoms with Crippen LogP contribution in [0.3, 0.4) is 0 Å². The lowest BCUT2D eigenvalue weighted by Crippen LogP contribution is -2.16. The first-order chi connectivity index (χ1) is 13.0. The van der Waals surface area contributed by atoms with E-state index < -0.39 is 28.9 Å². The minimum atomic E-state index is -1.71. The van der Waals surface area contributed by atoms with Crippen molar-refractivity contribution in [2.75, 3.05) is 10.6 Å². The van der Waals surface area contributed by atoms with E-state index >= 15 is 0 Å². The van der Waals surface area contributed by atoms with Crippen molar-refractivity contribution in [3.05, 3.63) is 82.1 Å². The number of hydrogen-bond acceptors (Lipinski definition) is 4. The molecule has 1 amide bonds. The average molecular weight is 393 g/mol. The number of amides is 1. The van der Waals surface area contributed by atoms with Crippen molar-refractivity contribution in [2.24, 2.45) is 0 Å². The van der Waals surface area contributed by atoms with E-state index in [4.69, 9.17) is 11.6 Å². The van der Waals surface area contributed by atoms with Crippen LogP contribution in [-0.2, 0) is 6.54 Å². The van der Waals surface area contributed by atoms with Crippen LogP contribution in [0.2, 0.25) is 5.02 Å². The van der Waals surface area contributed by atoms with Gasteiger partial charge in [0.05, 0.1) is 5.56 Å². The molecule has 2 N–H and O–H groups in total. The third-order valence-corrected chi connectivity index (χ3v) is 3.97. The molecule has 0 fully saturated rings. The summed E-state index contributed by atoms with van der Waals surface area (Å²) in [6.45, 7) is 0.417. The van der Waals surface area contributed by atoms with Gasteiger partial charge in [-0.2, -0.15) is 0 Å². The van der Waals surface area contributed by atoms with Gasteiger partial charge in [-0.15, -0.1) is 10.2 Å². The van der Waals surface area contributed by atoms with Crippen molar-refractivity contribution in [3.63, 3.8) is 0 Å². The summed E-state index contributed by atoms with van der Waals surface area (Å²) >= 11 is 6.06. The Kier molecular flexibility index (Phi) is 5.56. The van der Waals surface area contributed by atoms with Gasteiger partial charge in [0, 0.05) is 11.6 Å². The fourth-order valence-corrected chi connectivity index (χ4v) is 2.41. The van der Waals surface area contributed by atoms with Crippen LogP contribution in [0, 0.1) is 17.5 Å². The molecule has 138 valence electrons. The van der Waals surface area contributed by atoms with Crippen molar-refractivity contribution in [1.29, 1.82) is 0 Å². The summed E-state index contributed by atoms with van der Waals surface area (Å²) < 4.78 is 39.8. The Bertz CT molecular complexity index is 983. The highest BCUT2D eigenvalue weighted by Gasteiger charge is 2.19. The van der Waals surface area contributed by atoms with E-state index in [1.165, 1.54) is 6.07 Å². The van der Waals surface area contributed by atoms with Gasteiger partial charge in [0.25, 0.3) is 5.91 Å². The molecule has 1 heterocycles. The first-order valence-electron chi connectivity index (χ1n) is 7.71. The summed E-state index contributed by atoms with van der Waals surface area (Å²) in [6.07, 6.45) is 0. The standard InChI is InChI=1S/C18H12ClF3N4O/c19-12-4-2-1-3-10(12)9-23-14-7-8-15(26-25-14)24-18(27)11-5-6-13(20)17(22)16(11)21/h1-8H,9H2,(H,23,25)(H,24,26,27). The lowest BCUT2D eigenvalue weighted by Gasteiger charge is -2.08. The molecule has 3 rings (SSSR count). The fourth-order valence-electron chi connectivity index (χ4n) is 2.21. The van der Waals surface area contributed by atoms with E-state index in [0.717, 1.165) is 11.6 Å². The maximum absolute atomic E-state index is 13.6. The van der Waals surface area contributed by atoms with E-state index in [2.05, 4.69) is 20.8 Å². The minimum absolute atomic E-state index is 0.0208. The van der Waals surface area contributed by atoms with Crippen LogP contribution < -0.4 is 10.6 Å². The Morgan fingerprint density at radius 1 is 0.926 bits per heavy atom. The Labute approximate surface area is 157 Å². The van der Waals surface area contributed by atoms with Gasteiger partial charge >= 0.3 is 0 Å². The molecule has 1 aromatic heterocycles. The molecule has 0 saturated carbocycles. The van der Waals surface area contributed by atoms with Gasteiger partial charge in [0.1, 0.15) is 5.82 Å². The summed E-state index contributed by atoms with van der Waals surface area (Å²) in [5, 5.41) is 13.5. The van der Waals surface area contributed by atoms with Crippen LogP contribution in [0.4, 0.5) is 24.8 Å². The first kappa shape index (κ1) is 18.7. The molecule has 9 heteroatoms. The van der Waals surface area contributed by atoms with Gasteiger partial charge < -0.3 is 10.6 Å². The van der Waals surface area contributed by atoms with E-state index in [1.807, 2.05) is 18.2 Å². The zero-order chi connectivity index (χ0) is 19.4. The zero-order valence-corrected chi connectivity index (χ0v) is 14.4. The van der Waals surface area contributed by atoms with Crippen LogP contribution in [-0.4, -0.2) is 16.1 Å². The van der Waals surface area contributed by atoms with Gasteiger partial charge in [0.2, 0.25) is 0 Å². The topological polar surface area (TPSA) is 66.9 Å². The SMILES string of the molecule is O=C(Nc1ccc(NCc2ccccc2Cl)nn1)c1ccc(F)c(F)c1F. The van der Waals surface area contributed by atoms with Gasteiger partial charge in [-0.25, -0.2) is 13.2 Å². The molecule has 0 aliphatic heterocycles. The molecule has 0 radical (unpaired) electrons. The molecular weight excluding hydrogens is 381 g/mol. The first-order valence-corrected chi connectivity index (χ1v) is 8.09. The average Bonchev–Trinajstić information content (AvgIpc) is 2.66. The van der Waals surface area contributed by atoms with Crippen molar-refractivity contribution in [3.8, 4) is 0 Å². The van der Waals surface area contributed by atoms with E-state index in [-0.39, 0.29) is 5.82 Å². The lowest BCUT2D eigenvalue weighted by molar-refractivity contribution is 0.102. The van der Waals surface area contributed by atoms with Crippen molar-refractivity contribution < 1.29 is 18.0 Å². The summed E-state index contributed by atoms with van der Waals surface area (Å²) in [6, 6.07) is 11.8. The Morgan fingerprint density at radius 3 is 2.33 bits per heavy atom. The molecule has 27 heavy (non-hydrogen) atoms. The van der Waals surface area contributed by atoms with Gasteiger partial charge in [-0.05, 0) is 35.9 Å². The number of rotatable bonds is 5. The highest BCUT2D eigenvalue weighted by Crippen LogP contribution is 2.18. The normalized spacial score (nSPS) is 10.5. The van der Waals surface area contributed by atoms with Crippen molar-refractivity contribution in [2.45, 2.75) is 6.54 Å². The van der Waals surface area contributed by atoms with E-state index in [0.29, 0.717) is 23.5 Å². The quantitative estimate of drug-likeness (QED) is 0.631. The largest absolute Gasteiger partial charge is 0.364 e. The summed E-state index contributed by atoms with van der Waals surface area (Å²) in [4.78, 5) is 12.0. The monoisotopic (exact) mass is 392 g/mol. The summed E-state index contributed by atoms with van der Waals surface area (Å²) in [5.41, 5.74) is 0.226. The molecule has 0 unspecified atom stereocenters. The van der Waals surface area contributed by atoms with Crippen LogP contribution in [0.25, 0.3) is 0 Å². The number of carbonyl (C=O) groups excluding carboxylic acids is 1. The highest BCUT2D eigenvalue weighted by atomic mass is 35.5. The molecule has 0 aliphatic carbocycles. The molecule has 0 saturated heterocycles. The molecule has 3 aromatic rings. The maximum atomic E-state index is 13.6. The molecule has 2 aromatic carbocycles. The van der Waals surface area contributed by atoms with Crippen LogP contribution in [0.1, 0.15) is 15.9 Å². The van der Waals surface area contributed by atoms with Crippen LogP contribution >= 0.6 is 11.6 Å². The van der Waals surface area contributed by atoms with E-state index in [1.54, 1.807) is 12.1 Å². The summed E-state index contributed by atoms with van der Waals surface area (Å²) in [5.74, 6) is -5.19. The number of anilines is 2. The third-order valence-electron chi connectivity index (χ3n) is 3.60. The van der Waals surface area contributed by atoms with Gasteiger partial charge in [0.15, 0.2) is 23.3 Å². The number of carbonyl (C=O) groups is 1. The molecule has 0 aliphatic rings. The highest BCUT2D eigenvalue weighted by molar-refractivity contribution is 6.31. The zero-order valence-electron chi connectivity index (χ0n) is 13.6. The van der Waals surface area contributed by atoms with Crippen molar-refractivity contribution in [1.82, 2.24) is 10.2 Å². The number of hydrogen-bond donors (Lipinski definition) is 2. The number of aromatic nitrogens is 2. The smallest absolute Gasteiger partial charge is 0.259 e. The Balaban J connectivity index is 1.65. The second-order valence-corrected chi connectivity index (χ2v) is 5.83. The number of benzene rings is 2. The molecule has 0 spiro atoms. The predicted molar refractivity (Wildman–Crippen MR) is 95.1 cm³/mol. The summed E-state index contributed by atoms with van der Waals surface area (Å²) in [7, 11) is 0. The molecule has 5 nitrogen and oxygen atoms in total. The molecule has 0 bridgehead atoms. The molecular formula is C18H12ClF3N4O. The van der Waals surface area contributed by atoms with Gasteiger partial charge in [-0.3, -0.25) is 4.79 Å². The second-order valence-electron chi connectivity index (χ2n) is 5.43. The van der Waals surface area contributed by atoms with Gasteiger partial charge in [-0.1, -0.05) is 29.8 Å². The minimum Gasteiger partial charge on any atom is -0.364 e. The fraction of sp³-hybridized carbons (Fsp3) is 0.0556. The predicted octanol–water partition coefficient (Wildman–Crippen LogP) is 4.41. The van der Waals surface area contributed by atoms with Crippen LogP contribution in [0.15, 0.2) is 48.5 Å². The lowest BCUT2D eigenvalue weighted by atomic mass is 10.2. The Hall–Kier alpha value is -3.13. The van der Waals surface area contributed by atoms with E-state index in [9.17, 15) is 18.0 Å². The third kappa shape index (κ3) is 4.35. The second kappa shape index (κ2) is 8.05. The number of nitrogens with zero attached hydrogens (tertiary/aromatic N) is 2. The Morgan fingerprint density at radius 2 is 1.63 bits per heavy atom. The number of nitrogens with one attached hydrogen (secondary N) is 2. The number of halogens is 4.